The van der Waals surface area contributed by atoms with E-state index < -0.39 is 10.8 Å². The summed E-state index contributed by atoms with van der Waals surface area (Å²) in [7, 11) is -0.939. The van der Waals surface area contributed by atoms with E-state index in [9.17, 15) is 9.00 Å². The van der Waals surface area contributed by atoms with Crippen LogP contribution in [-0.2, 0) is 16.6 Å². The Hall–Kier alpha value is -2.52. The first-order chi connectivity index (χ1) is 10.1. The fourth-order valence-electron chi connectivity index (χ4n) is 1.79. The Morgan fingerprint density at radius 2 is 2.19 bits per heavy atom. The Morgan fingerprint density at radius 3 is 2.90 bits per heavy atom. The summed E-state index contributed by atoms with van der Waals surface area (Å²) in [6, 6.07) is 12.1. The molecule has 0 saturated heterocycles. The lowest BCUT2D eigenvalue weighted by atomic mass is 10.2. The zero-order valence-electron chi connectivity index (χ0n) is 11.4. The molecule has 1 unspecified atom stereocenters. The molecule has 0 saturated carbocycles. The summed E-state index contributed by atoms with van der Waals surface area (Å²) < 4.78 is 11.2. The minimum absolute atomic E-state index is 0.179. The van der Waals surface area contributed by atoms with Gasteiger partial charge in [0, 0.05) is 34.7 Å². The number of nitrogens with one attached hydrogen (secondary N) is 1. The van der Waals surface area contributed by atoms with Crippen LogP contribution in [0.1, 0.15) is 21.6 Å². The van der Waals surface area contributed by atoms with E-state index >= 15 is 0 Å². The number of rotatable bonds is 4. The number of anilines is 1. The molecule has 2 rings (SSSR count). The van der Waals surface area contributed by atoms with Crippen LogP contribution in [0.2, 0.25) is 0 Å². The number of aromatic nitrogens is 1. The summed E-state index contributed by atoms with van der Waals surface area (Å²) >= 11 is 0. The van der Waals surface area contributed by atoms with Gasteiger partial charge < -0.3 is 5.32 Å². The molecule has 0 aliphatic heterocycles. The van der Waals surface area contributed by atoms with Crippen molar-refractivity contribution in [3.05, 3.63) is 59.4 Å². The van der Waals surface area contributed by atoms with Crippen LogP contribution in [0.15, 0.2) is 42.6 Å². The number of carbonyl (C=O) groups is 1. The molecule has 5 nitrogen and oxygen atoms in total. The van der Waals surface area contributed by atoms with Gasteiger partial charge in [-0.25, -0.2) is 0 Å². The third-order valence-corrected chi connectivity index (χ3v) is 3.42. The molecule has 1 amide bonds. The molecule has 1 atom stereocenters. The number of pyridine rings is 1. The lowest BCUT2D eigenvalue weighted by molar-refractivity contribution is 0.102. The van der Waals surface area contributed by atoms with Crippen molar-refractivity contribution < 1.29 is 9.00 Å². The quantitative estimate of drug-likeness (QED) is 0.937. The van der Waals surface area contributed by atoms with Crippen LogP contribution in [0, 0.1) is 11.3 Å². The van der Waals surface area contributed by atoms with E-state index in [1.165, 1.54) is 18.3 Å². The molecule has 21 heavy (non-hydrogen) atoms. The number of amides is 1. The van der Waals surface area contributed by atoms with Crippen molar-refractivity contribution in [1.82, 2.24) is 4.98 Å². The highest BCUT2D eigenvalue weighted by molar-refractivity contribution is 7.83. The van der Waals surface area contributed by atoms with Crippen molar-refractivity contribution in [2.75, 3.05) is 11.6 Å². The zero-order valence-corrected chi connectivity index (χ0v) is 12.2. The highest BCUT2D eigenvalue weighted by Crippen LogP contribution is 2.13. The van der Waals surface area contributed by atoms with Gasteiger partial charge in [-0.3, -0.25) is 14.0 Å². The molecule has 6 heteroatoms. The van der Waals surface area contributed by atoms with Crippen LogP contribution in [0.5, 0.6) is 0 Å². The third kappa shape index (κ3) is 4.23. The van der Waals surface area contributed by atoms with Gasteiger partial charge in [-0.05, 0) is 29.8 Å². The Kier molecular flexibility index (Phi) is 4.80. The van der Waals surface area contributed by atoms with Crippen LogP contribution in [0.25, 0.3) is 0 Å². The summed E-state index contributed by atoms with van der Waals surface area (Å²) in [4.78, 5) is 16.0. The van der Waals surface area contributed by atoms with Gasteiger partial charge in [-0.1, -0.05) is 12.1 Å². The smallest absolute Gasteiger partial charge is 0.274 e. The SMILES string of the molecule is CS(=O)Cc1cccc(NC(=O)c2cc(C#N)ccn2)c1. The van der Waals surface area contributed by atoms with Crippen LogP contribution in [0.4, 0.5) is 5.69 Å². The van der Waals surface area contributed by atoms with E-state index in [1.807, 2.05) is 12.1 Å². The molecule has 0 bridgehead atoms. The summed E-state index contributed by atoms with van der Waals surface area (Å²) in [6.07, 6.45) is 3.05. The summed E-state index contributed by atoms with van der Waals surface area (Å²) in [5.74, 6) is 0.0492. The largest absolute Gasteiger partial charge is 0.321 e. The molecule has 0 aliphatic carbocycles. The molecule has 0 radical (unpaired) electrons. The first kappa shape index (κ1) is 14.9. The lowest BCUT2D eigenvalue weighted by Crippen LogP contribution is -2.14. The molecule has 1 heterocycles. The average Bonchev–Trinajstić information content (AvgIpc) is 2.47. The van der Waals surface area contributed by atoms with Gasteiger partial charge in [0.15, 0.2) is 0 Å². The number of benzene rings is 1. The highest BCUT2D eigenvalue weighted by atomic mass is 32.2. The van der Waals surface area contributed by atoms with Gasteiger partial charge in [-0.2, -0.15) is 5.26 Å². The van der Waals surface area contributed by atoms with Crippen LogP contribution < -0.4 is 5.32 Å². The Morgan fingerprint density at radius 1 is 1.38 bits per heavy atom. The van der Waals surface area contributed by atoms with Gasteiger partial charge in [0.25, 0.3) is 5.91 Å². The number of hydrogen-bond acceptors (Lipinski definition) is 4. The van der Waals surface area contributed by atoms with Crippen LogP contribution in [0.3, 0.4) is 0 Å². The molecule has 0 aliphatic rings. The van der Waals surface area contributed by atoms with E-state index in [2.05, 4.69) is 10.3 Å². The molecule has 1 N–H and O–H groups in total. The topological polar surface area (TPSA) is 82.9 Å². The summed E-state index contributed by atoms with van der Waals surface area (Å²) in [6.45, 7) is 0. The van der Waals surface area contributed by atoms with Crippen molar-refractivity contribution >= 4 is 22.4 Å². The standard InChI is InChI=1S/C15H13N3O2S/c1-21(20)10-12-3-2-4-13(7-12)18-15(19)14-8-11(9-16)5-6-17-14/h2-8H,10H2,1H3,(H,18,19). The second-order valence-corrected chi connectivity index (χ2v) is 5.85. The molecule has 0 spiro atoms. The van der Waals surface area contributed by atoms with Crippen LogP contribution in [-0.4, -0.2) is 21.4 Å². The van der Waals surface area contributed by atoms with Crippen molar-refractivity contribution in [2.24, 2.45) is 0 Å². The monoisotopic (exact) mass is 299 g/mol. The summed E-state index contributed by atoms with van der Waals surface area (Å²) in [5, 5.41) is 11.5. The fraction of sp³-hybridized carbons (Fsp3) is 0.133. The Balaban J connectivity index is 2.15. The highest BCUT2D eigenvalue weighted by Gasteiger charge is 2.09. The minimum Gasteiger partial charge on any atom is -0.321 e. The fourth-order valence-corrected chi connectivity index (χ4v) is 2.44. The molecule has 0 fully saturated rings. The number of carbonyl (C=O) groups excluding carboxylic acids is 1. The van der Waals surface area contributed by atoms with E-state index in [4.69, 9.17) is 5.26 Å². The van der Waals surface area contributed by atoms with E-state index in [0.717, 1.165) is 5.56 Å². The Labute approximate surface area is 125 Å². The zero-order chi connectivity index (χ0) is 15.2. The van der Waals surface area contributed by atoms with Gasteiger partial charge in [0.05, 0.1) is 11.6 Å². The molecule has 1 aromatic heterocycles. The lowest BCUT2D eigenvalue weighted by Gasteiger charge is -2.06. The first-order valence-corrected chi connectivity index (χ1v) is 7.87. The van der Waals surface area contributed by atoms with E-state index in [0.29, 0.717) is 17.0 Å². The van der Waals surface area contributed by atoms with Crippen molar-refractivity contribution in [2.45, 2.75) is 5.75 Å². The number of nitrogens with zero attached hydrogens (tertiary/aromatic N) is 2. The molecule has 2 aromatic rings. The predicted octanol–water partition coefficient (Wildman–Crippen LogP) is 2.08. The van der Waals surface area contributed by atoms with Gasteiger partial charge in [0.2, 0.25) is 0 Å². The molecular formula is C15H13N3O2S. The van der Waals surface area contributed by atoms with Crippen molar-refractivity contribution in [3.8, 4) is 6.07 Å². The number of hydrogen-bond donors (Lipinski definition) is 1. The Bertz CT molecular complexity index is 738. The number of nitriles is 1. The second-order valence-electron chi connectivity index (χ2n) is 4.41. The maximum absolute atomic E-state index is 12.1. The van der Waals surface area contributed by atoms with Crippen molar-refractivity contribution in [1.29, 1.82) is 5.26 Å². The second kappa shape index (κ2) is 6.77. The van der Waals surface area contributed by atoms with Gasteiger partial charge in [0.1, 0.15) is 5.69 Å². The summed E-state index contributed by atoms with van der Waals surface area (Å²) in [5.41, 5.74) is 2.04. The maximum Gasteiger partial charge on any atom is 0.274 e. The first-order valence-electron chi connectivity index (χ1n) is 6.15. The van der Waals surface area contributed by atoms with Crippen molar-refractivity contribution in [3.63, 3.8) is 0 Å². The molecular weight excluding hydrogens is 286 g/mol. The predicted molar refractivity (Wildman–Crippen MR) is 81.1 cm³/mol. The minimum atomic E-state index is -0.939. The molecule has 106 valence electrons. The average molecular weight is 299 g/mol. The van der Waals surface area contributed by atoms with E-state index in [1.54, 1.807) is 24.5 Å². The van der Waals surface area contributed by atoms with Gasteiger partial charge in [-0.15, -0.1) is 0 Å². The van der Waals surface area contributed by atoms with Gasteiger partial charge >= 0.3 is 0 Å². The molecule has 1 aromatic carbocycles. The van der Waals surface area contributed by atoms with Crippen LogP contribution >= 0.6 is 0 Å². The maximum atomic E-state index is 12.1. The van der Waals surface area contributed by atoms with E-state index in [-0.39, 0.29) is 11.6 Å². The normalized spacial score (nSPS) is 11.4. The third-order valence-electron chi connectivity index (χ3n) is 2.68.